The fourth-order valence-electron chi connectivity index (χ4n) is 3.18. The molecule has 2 aromatic rings. The van der Waals surface area contributed by atoms with Gasteiger partial charge in [0.15, 0.2) is 0 Å². The molecule has 6 nitrogen and oxygen atoms in total. The van der Waals surface area contributed by atoms with Crippen LogP contribution in [0, 0.1) is 6.92 Å². The number of hydrogen-bond donors (Lipinski definition) is 0. The van der Waals surface area contributed by atoms with Gasteiger partial charge in [-0.2, -0.15) is 0 Å². The Labute approximate surface area is 134 Å². The summed E-state index contributed by atoms with van der Waals surface area (Å²) in [5.74, 6) is -0.210. The van der Waals surface area contributed by atoms with Crippen LogP contribution in [-0.2, 0) is 16.1 Å². The Kier molecular flexibility index (Phi) is 4.43. The van der Waals surface area contributed by atoms with Gasteiger partial charge < -0.3 is 4.74 Å². The number of likely N-dealkylation sites (tertiary alicyclic amines) is 1. The summed E-state index contributed by atoms with van der Waals surface area (Å²) in [5.41, 5.74) is 2.22. The molecular weight excluding hydrogens is 294 g/mol. The van der Waals surface area contributed by atoms with Crippen LogP contribution in [0.2, 0.25) is 0 Å². The lowest BCUT2D eigenvalue weighted by atomic mass is 10.0. The first-order valence-electron chi connectivity index (χ1n) is 7.90. The molecule has 0 aromatic carbocycles. The predicted molar refractivity (Wildman–Crippen MR) is 86.3 cm³/mol. The van der Waals surface area contributed by atoms with Gasteiger partial charge in [-0.15, -0.1) is 0 Å². The quantitative estimate of drug-likeness (QED) is 0.804. The standard InChI is InChI=1S/C17H21N3O3/c1-12-6-5-9-20-15(21)10-13(18-16(12)20)11-19-8-4-3-7-14(19)17(22)23-2/h5-6,9-10,14H,3-4,7-8,11H2,1-2H3/t14-/m1/s1. The molecule has 1 aliphatic heterocycles. The second-order valence-corrected chi connectivity index (χ2v) is 5.98. The first-order chi connectivity index (χ1) is 11.1. The molecule has 0 N–H and O–H groups in total. The number of hydrogen-bond acceptors (Lipinski definition) is 5. The molecular formula is C17H21N3O3. The van der Waals surface area contributed by atoms with E-state index in [4.69, 9.17) is 4.74 Å². The number of nitrogens with zero attached hydrogens (tertiary/aromatic N) is 3. The summed E-state index contributed by atoms with van der Waals surface area (Å²) in [4.78, 5) is 30.9. The molecule has 1 atom stereocenters. The highest BCUT2D eigenvalue weighted by Crippen LogP contribution is 2.20. The summed E-state index contributed by atoms with van der Waals surface area (Å²) in [6.45, 7) is 3.23. The summed E-state index contributed by atoms with van der Waals surface area (Å²) in [6, 6.07) is 5.08. The van der Waals surface area contributed by atoms with Crippen LogP contribution < -0.4 is 5.56 Å². The third-order valence-corrected chi connectivity index (χ3v) is 4.39. The highest BCUT2D eigenvalue weighted by atomic mass is 16.5. The van der Waals surface area contributed by atoms with Gasteiger partial charge >= 0.3 is 5.97 Å². The monoisotopic (exact) mass is 315 g/mol. The van der Waals surface area contributed by atoms with E-state index in [0.717, 1.165) is 31.4 Å². The average Bonchev–Trinajstić information content (AvgIpc) is 2.56. The van der Waals surface area contributed by atoms with Crippen LogP contribution in [0.1, 0.15) is 30.5 Å². The third kappa shape index (κ3) is 3.12. The minimum absolute atomic E-state index is 0.0969. The molecule has 0 unspecified atom stereocenters. The first-order valence-corrected chi connectivity index (χ1v) is 7.90. The number of carbonyl (C=O) groups is 1. The summed E-state index contributed by atoms with van der Waals surface area (Å²) < 4.78 is 6.45. The van der Waals surface area contributed by atoms with Crippen LogP contribution >= 0.6 is 0 Å². The number of carbonyl (C=O) groups excluding carboxylic acids is 1. The van der Waals surface area contributed by atoms with Crippen LogP contribution in [0.25, 0.3) is 5.65 Å². The second kappa shape index (κ2) is 6.50. The Hall–Kier alpha value is -2.21. The zero-order valence-electron chi connectivity index (χ0n) is 13.5. The molecule has 23 heavy (non-hydrogen) atoms. The van der Waals surface area contributed by atoms with E-state index in [1.54, 1.807) is 16.7 Å². The van der Waals surface area contributed by atoms with E-state index in [1.807, 2.05) is 19.1 Å². The largest absolute Gasteiger partial charge is 0.468 e. The number of esters is 1. The molecule has 0 saturated carbocycles. The van der Waals surface area contributed by atoms with Gasteiger partial charge in [0.2, 0.25) is 0 Å². The number of pyridine rings is 1. The number of piperidine rings is 1. The molecule has 122 valence electrons. The van der Waals surface area contributed by atoms with Crippen molar-refractivity contribution in [2.75, 3.05) is 13.7 Å². The molecule has 1 saturated heterocycles. The minimum atomic E-state index is -0.245. The highest BCUT2D eigenvalue weighted by molar-refractivity contribution is 5.75. The fourth-order valence-corrected chi connectivity index (χ4v) is 3.18. The number of ether oxygens (including phenoxy) is 1. The van der Waals surface area contributed by atoms with E-state index in [1.165, 1.54) is 7.11 Å². The molecule has 0 bridgehead atoms. The van der Waals surface area contributed by atoms with Crippen molar-refractivity contribution < 1.29 is 9.53 Å². The molecule has 0 amide bonds. The van der Waals surface area contributed by atoms with Gasteiger partial charge in [0.25, 0.3) is 5.56 Å². The number of fused-ring (bicyclic) bond motifs is 1. The Morgan fingerprint density at radius 3 is 3.04 bits per heavy atom. The molecule has 6 heteroatoms. The van der Waals surface area contributed by atoms with E-state index >= 15 is 0 Å². The summed E-state index contributed by atoms with van der Waals surface area (Å²) in [7, 11) is 1.42. The molecule has 0 spiro atoms. The molecule has 2 aromatic heterocycles. The SMILES string of the molecule is COC(=O)[C@H]1CCCCN1Cc1cc(=O)n2cccc(C)c2n1. The zero-order valence-corrected chi connectivity index (χ0v) is 13.5. The molecule has 3 heterocycles. The van der Waals surface area contributed by atoms with E-state index in [-0.39, 0.29) is 17.6 Å². The van der Waals surface area contributed by atoms with Crippen molar-refractivity contribution in [3.63, 3.8) is 0 Å². The van der Waals surface area contributed by atoms with Gasteiger partial charge in [-0.05, 0) is 37.9 Å². The van der Waals surface area contributed by atoms with Gasteiger partial charge in [-0.3, -0.25) is 18.9 Å². The maximum Gasteiger partial charge on any atom is 0.323 e. The van der Waals surface area contributed by atoms with Crippen molar-refractivity contribution in [3.05, 3.63) is 46.0 Å². The van der Waals surface area contributed by atoms with Crippen molar-refractivity contribution >= 4 is 11.6 Å². The molecule has 0 radical (unpaired) electrons. The summed E-state index contributed by atoms with van der Waals surface area (Å²) in [5, 5.41) is 0. The lowest BCUT2D eigenvalue weighted by Gasteiger charge is -2.33. The van der Waals surface area contributed by atoms with Crippen molar-refractivity contribution in [3.8, 4) is 0 Å². The molecule has 3 rings (SSSR count). The van der Waals surface area contributed by atoms with Gasteiger partial charge in [0, 0.05) is 18.8 Å². The predicted octanol–water partition coefficient (Wildman–Crippen LogP) is 1.53. The maximum absolute atomic E-state index is 12.3. The van der Waals surface area contributed by atoms with E-state index in [0.29, 0.717) is 17.9 Å². The van der Waals surface area contributed by atoms with Crippen LogP contribution in [0.5, 0.6) is 0 Å². The van der Waals surface area contributed by atoms with Crippen LogP contribution in [-0.4, -0.2) is 40.0 Å². The van der Waals surface area contributed by atoms with E-state index in [2.05, 4.69) is 9.88 Å². The summed E-state index contributed by atoms with van der Waals surface area (Å²) >= 11 is 0. The van der Waals surface area contributed by atoms with Gasteiger partial charge in [-0.25, -0.2) is 4.98 Å². The van der Waals surface area contributed by atoms with Gasteiger partial charge in [0.05, 0.1) is 12.8 Å². The summed E-state index contributed by atoms with van der Waals surface area (Å²) in [6.07, 6.45) is 4.57. The topological polar surface area (TPSA) is 63.9 Å². The van der Waals surface area contributed by atoms with Crippen LogP contribution in [0.3, 0.4) is 0 Å². The lowest BCUT2D eigenvalue weighted by Crippen LogP contribution is -2.45. The molecule has 1 fully saturated rings. The number of aromatic nitrogens is 2. The molecule has 1 aliphatic rings. The van der Waals surface area contributed by atoms with Crippen LogP contribution in [0.15, 0.2) is 29.2 Å². The van der Waals surface area contributed by atoms with Crippen molar-refractivity contribution in [1.82, 2.24) is 14.3 Å². The smallest absolute Gasteiger partial charge is 0.323 e. The van der Waals surface area contributed by atoms with Crippen LogP contribution in [0.4, 0.5) is 0 Å². The Bertz CT molecular complexity index is 784. The molecule has 0 aliphatic carbocycles. The Morgan fingerprint density at radius 2 is 2.26 bits per heavy atom. The Balaban J connectivity index is 1.92. The van der Waals surface area contributed by atoms with Crippen molar-refractivity contribution in [2.45, 2.75) is 38.8 Å². The van der Waals surface area contributed by atoms with E-state index in [9.17, 15) is 9.59 Å². The minimum Gasteiger partial charge on any atom is -0.468 e. The van der Waals surface area contributed by atoms with Gasteiger partial charge in [-0.1, -0.05) is 12.5 Å². The van der Waals surface area contributed by atoms with Crippen molar-refractivity contribution in [1.29, 1.82) is 0 Å². The number of rotatable bonds is 3. The highest BCUT2D eigenvalue weighted by Gasteiger charge is 2.29. The van der Waals surface area contributed by atoms with E-state index < -0.39 is 0 Å². The lowest BCUT2D eigenvalue weighted by molar-refractivity contribution is -0.148. The Morgan fingerprint density at radius 1 is 1.43 bits per heavy atom. The van der Waals surface area contributed by atoms with Gasteiger partial charge in [0.1, 0.15) is 11.7 Å². The second-order valence-electron chi connectivity index (χ2n) is 5.98. The number of methoxy groups -OCH3 is 1. The number of aryl methyl sites for hydroxylation is 1. The average molecular weight is 315 g/mol. The van der Waals surface area contributed by atoms with Crippen molar-refractivity contribution in [2.24, 2.45) is 0 Å². The third-order valence-electron chi connectivity index (χ3n) is 4.39. The normalized spacial score (nSPS) is 19.0. The first kappa shape index (κ1) is 15.7. The maximum atomic E-state index is 12.3. The zero-order chi connectivity index (χ0) is 16.4. The fraction of sp³-hybridized carbons (Fsp3) is 0.471.